The van der Waals surface area contributed by atoms with E-state index in [1.54, 1.807) is 20.4 Å². The molecule has 1 atom stereocenters. The van der Waals surface area contributed by atoms with Crippen molar-refractivity contribution in [2.75, 3.05) is 33.9 Å². The number of nitrogens with zero attached hydrogens (tertiary/aromatic N) is 4. The van der Waals surface area contributed by atoms with E-state index in [0.29, 0.717) is 29.7 Å². The summed E-state index contributed by atoms with van der Waals surface area (Å²) in [5, 5.41) is 7.14. The minimum atomic E-state index is -0.205. The molecule has 1 aliphatic heterocycles. The van der Waals surface area contributed by atoms with E-state index < -0.39 is 0 Å². The lowest BCUT2D eigenvalue weighted by molar-refractivity contribution is -0.123. The highest BCUT2D eigenvalue weighted by Gasteiger charge is 2.27. The molecule has 1 saturated heterocycles. The lowest BCUT2D eigenvalue weighted by Gasteiger charge is -2.30. The highest BCUT2D eigenvalue weighted by molar-refractivity contribution is 5.78. The molecule has 1 fully saturated rings. The van der Waals surface area contributed by atoms with E-state index in [2.05, 4.69) is 25.3 Å². The molecule has 0 aliphatic carbocycles. The highest BCUT2D eigenvalue weighted by atomic mass is 16.5. The molecule has 0 saturated carbocycles. The number of piperidine rings is 1. The molecule has 9 nitrogen and oxygen atoms in total. The fraction of sp³-hybridized carbons (Fsp3) is 0.417. The Bertz CT molecular complexity index is 1060. The van der Waals surface area contributed by atoms with Crippen molar-refractivity contribution < 1.29 is 18.8 Å². The average Bonchev–Trinajstić information content (AvgIpc) is 3.35. The van der Waals surface area contributed by atoms with Crippen molar-refractivity contribution in [1.82, 2.24) is 25.3 Å². The molecule has 1 N–H and O–H groups in total. The number of ether oxygens (including phenoxy) is 2. The molecule has 33 heavy (non-hydrogen) atoms. The number of carbonyl (C=O) groups excluding carboxylic acids is 1. The highest BCUT2D eigenvalue weighted by Crippen LogP contribution is 2.30. The smallest absolute Gasteiger partial charge is 0.234 e. The molecule has 2 aromatic heterocycles. The number of hydrogen-bond acceptors (Lipinski definition) is 8. The van der Waals surface area contributed by atoms with Gasteiger partial charge in [-0.15, -0.1) is 0 Å². The third-order valence-electron chi connectivity index (χ3n) is 5.92. The van der Waals surface area contributed by atoms with Gasteiger partial charge in [-0.2, -0.15) is 4.98 Å². The average molecular weight is 452 g/mol. The second kappa shape index (κ2) is 10.4. The standard InChI is InChI=1S/C24H29N5O4/c1-16(19-14-18(31-2)7-8-21(19)32-3)26-22(30)15-29-12-9-17(10-13-29)24-27-23(28-33-24)20-6-4-5-11-25-20/h4-8,11,14,16-17H,9-10,12-13,15H2,1-3H3,(H,26,30). The van der Waals surface area contributed by atoms with Crippen molar-refractivity contribution in [3.8, 4) is 23.0 Å². The number of benzene rings is 1. The summed E-state index contributed by atoms with van der Waals surface area (Å²) in [6.07, 6.45) is 3.42. The first-order valence-electron chi connectivity index (χ1n) is 11.1. The van der Waals surface area contributed by atoms with Crippen LogP contribution in [0.5, 0.6) is 11.5 Å². The Balaban J connectivity index is 1.29. The zero-order valence-corrected chi connectivity index (χ0v) is 19.2. The van der Waals surface area contributed by atoms with Crippen LogP contribution in [0, 0.1) is 0 Å². The van der Waals surface area contributed by atoms with Gasteiger partial charge in [0.1, 0.15) is 17.2 Å². The number of likely N-dealkylation sites (tertiary alicyclic amines) is 1. The molecule has 1 aromatic carbocycles. The van der Waals surface area contributed by atoms with Crippen molar-refractivity contribution >= 4 is 5.91 Å². The van der Waals surface area contributed by atoms with E-state index in [1.165, 1.54) is 0 Å². The maximum atomic E-state index is 12.7. The third-order valence-corrected chi connectivity index (χ3v) is 5.92. The Labute approximate surface area is 193 Å². The number of carbonyl (C=O) groups is 1. The van der Waals surface area contributed by atoms with Gasteiger partial charge in [-0.25, -0.2) is 0 Å². The van der Waals surface area contributed by atoms with Gasteiger partial charge in [0, 0.05) is 17.7 Å². The number of nitrogens with one attached hydrogen (secondary N) is 1. The lowest BCUT2D eigenvalue weighted by atomic mass is 9.97. The van der Waals surface area contributed by atoms with E-state index in [0.717, 1.165) is 37.2 Å². The molecule has 3 aromatic rings. The van der Waals surface area contributed by atoms with E-state index in [9.17, 15) is 4.79 Å². The van der Waals surface area contributed by atoms with Gasteiger partial charge in [0.2, 0.25) is 17.6 Å². The molecular weight excluding hydrogens is 422 g/mol. The zero-order chi connectivity index (χ0) is 23.2. The second-order valence-electron chi connectivity index (χ2n) is 8.12. The Morgan fingerprint density at radius 1 is 1.21 bits per heavy atom. The predicted octanol–water partition coefficient (Wildman–Crippen LogP) is 3.21. The van der Waals surface area contributed by atoms with Crippen molar-refractivity contribution in [3.63, 3.8) is 0 Å². The summed E-state index contributed by atoms with van der Waals surface area (Å²) < 4.78 is 16.2. The van der Waals surface area contributed by atoms with Crippen molar-refractivity contribution in [1.29, 1.82) is 0 Å². The maximum absolute atomic E-state index is 12.7. The summed E-state index contributed by atoms with van der Waals surface area (Å²) >= 11 is 0. The molecule has 0 radical (unpaired) electrons. The zero-order valence-electron chi connectivity index (χ0n) is 19.2. The molecule has 174 valence electrons. The van der Waals surface area contributed by atoms with Crippen LogP contribution in [0.1, 0.15) is 43.2 Å². The number of aromatic nitrogens is 3. The van der Waals surface area contributed by atoms with E-state index in [4.69, 9.17) is 14.0 Å². The predicted molar refractivity (Wildman–Crippen MR) is 122 cm³/mol. The van der Waals surface area contributed by atoms with Gasteiger partial charge < -0.3 is 19.3 Å². The van der Waals surface area contributed by atoms with Crippen LogP contribution < -0.4 is 14.8 Å². The molecule has 0 bridgehead atoms. The van der Waals surface area contributed by atoms with E-state index in [1.807, 2.05) is 43.3 Å². The SMILES string of the molecule is COc1ccc(OC)c(C(C)NC(=O)CN2CCC(c3nc(-c4ccccn4)no3)CC2)c1. The van der Waals surface area contributed by atoms with Crippen LogP contribution in [0.25, 0.3) is 11.5 Å². The summed E-state index contributed by atoms with van der Waals surface area (Å²) in [6, 6.07) is 11.0. The Morgan fingerprint density at radius 2 is 2.03 bits per heavy atom. The number of pyridine rings is 1. The van der Waals surface area contributed by atoms with Crippen LogP contribution in [-0.4, -0.2) is 59.8 Å². The van der Waals surface area contributed by atoms with E-state index >= 15 is 0 Å². The fourth-order valence-corrected chi connectivity index (χ4v) is 4.08. The van der Waals surface area contributed by atoms with Gasteiger partial charge in [0.15, 0.2) is 0 Å². The summed E-state index contributed by atoms with van der Waals surface area (Å²) in [7, 11) is 3.23. The number of methoxy groups -OCH3 is 2. The molecule has 0 spiro atoms. The number of rotatable bonds is 8. The summed E-state index contributed by atoms with van der Waals surface area (Å²) in [4.78, 5) is 23.6. The van der Waals surface area contributed by atoms with Gasteiger partial charge >= 0.3 is 0 Å². The summed E-state index contributed by atoms with van der Waals surface area (Å²) in [5.74, 6) is 2.75. The molecule has 1 amide bonds. The van der Waals surface area contributed by atoms with Crippen LogP contribution in [0.3, 0.4) is 0 Å². The van der Waals surface area contributed by atoms with Crippen LogP contribution in [0.2, 0.25) is 0 Å². The van der Waals surface area contributed by atoms with E-state index in [-0.39, 0.29) is 17.9 Å². The Morgan fingerprint density at radius 3 is 2.73 bits per heavy atom. The molecular formula is C24H29N5O4. The quantitative estimate of drug-likeness (QED) is 0.557. The molecule has 1 unspecified atom stereocenters. The Kier molecular flexibility index (Phi) is 7.19. The normalized spacial score (nSPS) is 15.7. The van der Waals surface area contributed by atoms with Gasteiger partial charge in [0.05, 0.1) is 26.8 Å². The van der Waals surface area contributed by atoms with Gasteiger partial charge in [-0.05, 0) is 63.2 Å². The lowest BCUT2D eigenvalue weighted by Crippen LogP contribution is -2.41. The van der Waals surface area contributed by atoms with Gasteiger partial charge in [-0.3, -0.25) is 14.7 Å². The van der Waals surface area contributed by atoms with Crippen LogP contribution >= 0.6 is 0 Å². The maximum Gasteiger partial charge on any atom is 0.234 e. The first kappa shape index (κ1) is 22.7. The summed E-state index contributed by atoms with van der Waals surface area (Å²) in [6.45, 7) is 3.86. The minimum absolute atomic E-state index is 0.0268. The summed E-state index contributed by atoms with van der Waals surface area (Å²) in [5.41, 5.74) is 1.58. The van der Waals surface area contributed by atoms with Crippen molar-refractivity contribution in [3.05, 3.63) is 54.0 Å². The topological polar surface area (TPSA) is 103 Å². The monoisotopic (exact) mass is 451 g/mol. The van der Waals surface area contributed by atoms with Crippen LogP contribution in [0.15, 0.2) is 47.1 Å². The largest absolute Gasteiger partial charge is 0.497 e. The van der Waals surface area contributed by atoms with Gasteiger partial charge in [0.25, 0.3) is 0 Å². The van der Waals surface area contributed by atoms with Crippen LogP contribution in [-0.2, 0) is 4.79 Å². The van der Waals surface area contributed by atoms with Crippen molar-refractivity contribution in [2.24, 2.45) is 0 Å². The fourth-order valence-electron chi connectivity index (χ4n) is 4.08. The second-order valence-corrected chi connectivity index (χ2v) is 8.12. The molecule has 4 rings (SSSR count). The molecule has 1 aliphatic rings. The number of amides is 1. The first-order valence-corrected chi connectivity index (χ1v) is 11.1. The first-order chi connectivity index (χ1) is 16.1. The number of hydrogen-bond donors (Lipinski definition) is 1. The Hall–Kier alpha value is -3.46. The van der Waals surface area contributed by atoms with Gasteiger partial charge in [-0.1, -0.05) is 11.2 Å². The molecule has 9 heteroatoms. The minimum Gasteiger partial charge on any atom is -0.497 e. The molecule has 3 heterocycles. The van der Waals surface area contributed by atoms with Crippen molar-refractivity contribution in [2.45, 2.75) is 31.7 Å². The van der Waals surface area contributed by atoms with Crippen LogP contribution in [0.4, 0.5) is 0 Å². The third kappa shape index (κ3) is 5.48.